The lowest BCUT2D eigenvalue weighted by Gasteiger charge is -2.26. The van der Waals surface area contributed by atoms with E-state index in [9.17, 15) is 8.42 Å². The van der Waals surface area contributed by atoms with Crippen LogP contribution in [0.4, 0.5) is 5.69 Å². The van der Waals surface area contributed by atoms with Crippen LogP contribution in [0, 0.1) is 0 Å². The normalized spacial score (nSPS) is 19.2. The van der Waals surface area contributed by atoms with Gasteiger partial charge >= 0.3 is 0 Å². The average molecular weight is 311 g/mol. The molecule has 1 aromatic rings. The second-order valence-corrected chi connectivity index (χ2v) is 7.11. The van der Waals surface area contributed by atoms with E-state index in [-0.39, 0.29) is 0 Å². The molecular weight excluding hydrogens is 290 g/mol. The van der Waals surface area contributed by atoms with E-state index < -0.39 is 10.0 Å². The number of fused-ring (bicyclic) bond motifs is 1. The van der Waals surface area contributed by atoms with Crippen molar-refractivity contribution in [1.82, 2.24) is 9.62 Å². The first-order valence-corrected chi connectivity index (χ1v) is 8.80. The maximum Gasteiger partial charge on any atom is 0.240 e. The Balaban J connectivity index is 1.58. The molecule has 1 saturated heterocycles. The van der Waals surface area contributed by atoms with Gasteiger partial charge in [0.05, 0.1) is 18.1 Å². The van der Waals surface area contributed by atoms with Gasteiger partial charge in [-0.2, -0.15) is 0 Å². The minimum absolute atomic E-state index is 0.331. The molecule has 2 N–H and O–H groups in total. The highest BCUT2D eigenvalue weighted by Gasteiger charge is 2.18. The molecule has 7 heteroatoms. The van der Waals surface area contributed by atoms with Crippen LogP contribution in [0.2, 0.25) is 0 Å². The van der Waals surface area contributed by atoms with Gasteiger partial charge < -0.3 is 10.1 Å². The molecule has 3 rings (SSSR count). The van der Waals surface area contributed by atoms with Crippen molar-refractivity contribution in [1.29, 1.82) is 0 Å². The molecule has 6 nitrogen and oxygen atoms in total. The van der Waals surface area contributed by atoms with Crippen molar-refractivity contribution < 1.29 is 13.2 Å². The summed E-state index contributed by atoms with van der Waals surface area (Å²) in [5.41, 5.74) is 2.12. The number of sulfonamides is 1. The number of nitrogens with one attached hydrogen (secondary N) is 2. The predicted octanol–water partition coefficient (Wildman–Crippen LogP) is 0.265. The Morgan fingerprint density at radius 3 is 2.90 bits per heavy atom. The molecule has 2 aliphatic heterocycles. The zero-order valence-electron chi connectivity index (χ0n) is 12.0. The molecule has 116 valence electrons. The summed E-state index contributed by atoms with van der Waals surface area (Å²) in [4.78, 5) is 2.54. The number of ether oxygens (including phenoxy) is 1. The van der Waals surface area contributed by atoms with Gasteiger partial charge in [0, 0.05) is 38.4 Å². The maximum atomic E-state index is 12.3. The molecular formula is C14H21N3O3S. The predicted molar refractivity (Wildman–Crippen MR) is 81.1 cm³/mol. The molecule has 1 fully saturated rings. The molecule has 0 unspecified atom stereocenters. The zero-order valence-corrected chi connectivity index (χ0v) is 12.8. The van der Waals surface area contributed by atoms with E-state index in [1.807, 2.05) is 6.07 Å². The van der Waals surface area contributed by atoms with Crippen LogP contribution < -0.4 is 10.0 Å². The Bertz CT molecular complexity index is 597. The fourth-order valence-corrected chi connectivity index (χ4v) is 3.73. The van der Waals surface area contributed by atoms with Gasteiger partial charge in [0.25, 0.3) is 0 Å². The molecule has 21 heavy (non-hydrogen) atoms. The second kappa shape index (κ2) is 6.31. The Kier molecular flexibility index (Phi) is 4.44. The highest BCUT2D eigenvalue weighted by atomic mass is 32.2. The summed E-state index contributed by atoms with van der Waals surface area (Å²) >= 11 is 0. The average Bonchev–Trinajstić information content (AvgIpc) is 2.95. The van der Waals surface area contributed by atoms with Crippen molar-refractivity contribution in [3.63, 3.8) is 0 Å². The molecule has 0 radical (unpaired) electrons. The van der Waals surface area contributed by atoms with E-state index in [0.717, 1.165) is 45.0 Å². The highest BCUT2D eigenvalue weighted by molar-refractivity contribution is 7.89. The standard InChI is InChI=1S/C14H21N3O3S/c18-21(19,16-5-6-17-7-9-20-10-8-17)13-2-1-12-3-4-15-14(12)11-13/h1-2,11,15-16H,3-10H2. The molecule has 0 aromatic heterocycles. The number of morpholine rings is 1. The first-order valence-electron chi connectivity index (χ1n) is 7.32. The third-order valence-electron chi connectivity index (χ3n) is 3.93. The van der Waals surface area contributed by atoms with Crippen LogP contribution in [-0.2, 0) is 21.2 Å². The quantitative estimate of drug-likeness (QED) is 0.816. The third-order valence-corrected chi connectivity index (χ3v) is 5.38. The summed E-state index contributed by atoms with van der Waals surface area (Å²) in [6.07, 6.45) is 0.958. The molecule has 0 bridgehead atoms. The Hall–Kier alpha value is -1.15. The van der Waals surface area contributed by atoms with Crippen molar-refractivity contribution in [3.8, 4) is 0 Å². The van der Waals surface area contributed by atoms with E-state index in [1.165, 1.54) is 5.56 Å². The van der Waals surface area contributed by atoms with Crippen molar-refractivity contribution in [2.24, 2.45) is 0 Å². The van der Waals surface area contributed by atoms with E-state index in [4.69, 9.17) is 4.74 Å². The molecule has 0 saturated carbocycles. The topological polar surface area (TPSA) is 70.7 Å². The lowest BCUT2D eigenvalue weighted by atomic mass is 10.2. The van der Waals surface area contributed by atoms with Crippen molar-refractivity contribution in [3.05, 3.63) is 23.8 Å². The zero-order chi connectivity index (χ0) is 14.7. The number of hydrogen-bond acceptors (Lipinski definition) is 5. The van der Waals surface area contributed by atoms with Crippen LogP contribution in [0.15, 0.2) is 23.1 Å². The largest absolute Gasteiger partial charge is 0.384 e. The van der Waals surface area contributed by atoms with Crippen LogP contribution in [-0.4, -0.2) is 59.3 Å². The summed E-state index contributed by atoms with van der Waals surface area (Å²) in [5.74, 6) is 0. The SMILES string of the molecule is O=S(=O)(NCCN1CCOCC1)c1ccc2c(c1)NCC2. The second-order valence-electron chi connectivity index (χ2n) is 5.35. The first-order chi connectivity index (χ1) is 10.1. The molecule has 2 heterocycles. The minimum Gasteiger partial charge on any atom is -0.384 e. The van der Waals surface area contributed by atoms with Gasteiger partial charge in [-0.3, -0.25) is 4.90 Å². The van der Waals surface area contributed by atoms with E-state index >= 15 is 0 Å². The summed E-state index contributed by atoms with van der Waals surface area (Å²) in [5, 5.41) is 3.21. The van der Waals surface area contributed by atoms with E-state index in [0.29, 0.717) is 18.0 Å². The summed E-state index contributed by atoms with van der Waals surface area (Å²) in [6.45, 7) is 5.20. The third kappa shape index (κ3) is 3.55. The van der Waals surface area contributed by atoms with Crippen LogP contribution in [0.5, 0.6) is 0 Å². The van der Waals surface area contributed by atoms with Crippen LogP contribution in [0.3, 0.4) is 0 Å². The molecule has 0 amide bonds. The number of nitrogens with zero attached hydrogens (tertiary/aromatic N) is 1. The van der Waals surface area contributed by atoms with Gasteiger partial charge in [-0.1, -0.05) is 6.07 Å². The van der Waals surface area contributed by atoms with Gasteiger partial charge in [-0.05, 0) is 24.1 Å². The number of benzene rings is 1. The highest BCUT2D eigenvalue weighted by Crippen LogP contribution is 2.25. The van der Waals surface area contributed by atoms with Crippen molar-refractivity contribution in [2.45, 2.75) is 11.3 Å². The number of hydrogen-bond donors (Lipinski definition) is 2. The van der Waals surface area contributed by atoms with E-state index in [1.54, 1.807) is 12.1 Å². The molecule has 0 aliphatic carbocycles. The molecule has 0 atom stereocenters. The van der Waals surface area contributed by atoms with Crippen LogP contribution in [0.1, 0.15) is 5.56 Å². The molecule has 1 aromatic carbocycles. The Morgan fingerprint density at radius 1 is 1.29 bits per heavy atom. The van der Waals surface area contributed by atoms with Gasteiger partial charge in [0.1, 0.15) is 0 Å². The Morgan fingerprint density at radius 2 is 2.10 bits per heavy atom. The molecule has 0 spiro atoms. The van der Waals surface area contributed by atoms with Crippen molar-refractivity contribution in [2.75, 3.05) is 51.3 Å². The molecule has 2 aliphatic rings. The minimum atomic E-state index is -3.43. The van der Waals surface area contributed by atoms with Gasteiger partial charge in [0.2, 0.25) is 10.0 Å². The van der Waals surface area contributed by atoms with Gasteiger partial charge in [-0.15, -0.1) is 0 Å². The lowest BCUT2D eigenvalue weighted by Crippen LogP contribution is -2.41. The lowest BCUT2D eigenvalue weighted by molar-refractivity contribution is 0.0390. The maximum absolute atomic E-state index is 12.3. The van der Waals surface area contributed by atoms with E-state index in [2.05, 4.69) is 14.9 Å². The van der Waals surface area contributed by atoms with Crippen LogP contribution >= 0.6 is 0 Å². The summed E-state index contributed by atoms with van der Waals surface area (Å²) in [6, 6.07) is 5.30. The van der Waals surface area contributed by atoms with Gasteiger partial charge in [-0.25, -0.2) is 13.1 Å². The fourth-order valence-electron chi connectivity index (χ4n) is 2.68. The first kappa shape index (κ1) is 14.8. The van der Waals surface area contributed by atoms with Crippen molar-refractivity contribution >= 4 is 15.7 Å². The monoisotopic (exact) mass is 311 g/mol. The summed E-state index contributed by atoms with van der Waals surface area (Å²) < 4.78 is 32.5. The fraction of sp³-hybridized carbons (Fsp3) is 0.571. The smallest absolute Gasteiger partial charge is 0.240 e. The Labute approximate surface area is 125 Å². The number of anilines is 1. The summed E-state index contributed by atoms with van der Waals surface area (Å²) in [7, 11) is -3.43. The van der Waals surface area contributed by atoms with Gasteiger partial charge in [0.15, 0.2) is 0 Å². The van der Waals surface area contributed by atoms with Crippen LogP contribution in [0.25, 0.3) is 0 Å². The number of rotatable bonds is 5.